The van der Waals surface area contributed by atoms with Crippen LogP contribution in [0, 0.1) is 17.0 Å². The van der Waals surface area contributed by atoms with Crippen molar-refractivity contribution in [3.05, 3.63) is 33.9 Å². The number of hydrogen-bond acceptors (Lipinski definition) is 5. The van der Waals surface area contributed by atoms with Crippen LogP contribution in [-0.2, 0) is 10.0 Å². The van der Waals surface area contributed by atoms with Crippen LogP contribution in [0.25, 0.3) is 0 Å². The number of nitro groups is 1. The van der Waals surface area contributed by atoms with E-state index >= 15 is 0 Å². The molecule has 1 atom stereocenters. The molecule has 0 aliphatic carbocycles. The minimum Gasteiger partial charge on any atom is -0.298 e. The first-order chi connectivity index (χ1) is 10.9. The van der Waals surface area contributed by atoms with E-state index in [0.29, 0.717) is 18.7 Å². The van der Waals surface area contributed by atoms with Gasteiger partial charge in [-0.15, -0.1) is 0 Å². The molecule has 0 amide bonds. The first-order valence-electron chi connectivity index (χ1n) is 7.89. The zero-order valence-electron chi connectivity index (χ0n) is 13.1. The van der Waals surface area contributed by atoms with Crippen LogP contribution in [0.1, 0.15) is 24.8 Å². The van der Waals surface area contributed by atoms with Crippen LogP contribution in [-0.4, -0.2) is 54.8 Å². The number of hydrogen-bond donors (Lipinski definition) is 0. The van der Waals surface area contributed by atoms with E-state index < -0.39 is 14.9 Å². The number of aryl methyl sites for hydroxylation is 1. The smallest absolute Gasteiger partial charge is 0.273 e. The summed E-state index contributed by atoms with van der Waals surface area (Å²) in [5.74, 6) is 0. The molecule has 2 aliphatic heterocycles. The molecule has 2 aliphatic rings. The summed E-state index contributed by atoms with van der Waals surface area (Å²) in [6, 6.07) is 4.41. The molecular weight excluding hydrogens is 318 g/mol. The van der Waals surface area contributed by atoms with Crippen molar-refractivity contribution in [2.75, 3.05) is 26.2 Å². The third-order valence-electron chi connectivity index (χ3n) is 4.82. The van der Waals surface area contributed by atoms with Crippen LogP contribution in [0.5, 0.6) is 0 Å². The van der Waals surface area contributed by atoms with Crippen molar-refractivity contribution in [3.63, 3.8) is 0 Å². The monoisotopic (exact) mass is 339 g/mol. The molecule has 0 bridgehead atoms. The van der Waals surface area contributed by atoms with Crippen molar-refractivity contribution in [2.24, 2.45) is 0 Å². The van der Waals surface area contributed by atoms with Gasteiger partial charge >= 0.3 is 0 Å². The number of nitro benzene ring substituents is 1. The van der Waals surface area contributed by atoms with E-state index in [-0.39, 0.29) is 16.6 Å². The first kappa shape index (κ1) is 16.4. The second-order valence-electron chi connectivity index (χ2n) is 6.25. The normalized spacial score (nSPS) is 23.4. The topological polar surface area (TPSA) is 83.8 Å². The Hall–Kier alpha value is -1.51. The van der Waals surface area contributed by atoms with Gasteiger partial charge in [-0.3, -0.25) is 15.0 Å². The second-order valence-corrected chi connectivity index (χ2v) is 8.19. The average molecular weight is 339 g/mol. The minimum absolute atomic E-state index is 0.0130. The van der Waals surface area contributed by atoms with Gasteiger partial charge in [0.15, 0.2) is 0 Å². The number of piperazine rings is 1. The Kier molecular flexibility index (Phi) is 4.39. The molecule has 0 unspecified atom stereocenters. The van der Waals surface area contributed by atoms with E-state index in [4.69, 9.17) is 0 Å². The van der Waals surface area contributed by atoms with Crippen molar-refractivity contribution in [3.8, 4) is 0 Å². The predicted octanol–water partition coefficient (Wildman–Crippen LogP) is 1.76. The largest absolute Gasteiger partial charge is 0.298 e. The van der Waals surface area contributed by atoms with E-state index in [1.54, 1.807) is 6.92 Å². The molecular formula is C15H21N3O4S. The lowest BCUT2D eigenvalue weighted by Crippen LogP contribution is -2.56. The van der Waals surface area contributed by atoms with Crippen LogP contribution >= 0.6 is 0 Å². The van der Waals surface area contributed by atoms with Crippen molar-refractivity contribution >= 4 is 15.7 Å². The van der Waals surface area contributed by atoms with Gasteiger partial charge in [0, 0.05) is 37.3 Å². The number of sulfonamides is 1. The quantitative estimate of drug-likeness (QED) is 0.619. The fraction of sp³-hybridized carbons (Fsp3) is 0.600. The number of fused-ring (bicyclic) bond motifs is 1. The molecule has 2 heterocycles. The summed E-state index contributed by atoms with van der Waals surface area (Å²) in [6.07, 6.45) is 3.32. The lowest BCUT2D eigenvalue weighted by Gasteiger charge is -2.43. The van der Waals surface area contributed by atoms with Crippen LogP contribution in [0.4, 0.5) is 5.69 Å². The van der Waals surface area contributed by atoms with Crippen LogP contribution < -0.4 is 0 Å². The van der Waals surface area contributed by atoms with Crippen molar-refractivity contribution < 1.29 is 13.3 Å². The van der Waals surface area contributed by atoms with Crippen LogP contribution in [0.15, 0.2) is 23.1 Å². The molecule has 1 aromatic carbocycles. The Morgan fingerprint density at radius 1 is 1.22 bits per heavy atom. The average Bonchev–Trinajstić information content (AvgIpc) is 2.54. The van der Waals surface area contributed by atoms with E-state index in [1.807, 2.05) is 0 Å². The highest BCUT2D eigenvalue weighted by Gasteiger charge is 2.35. The fourth-order valence-electron chi connectivity index (χ4n) is 3.44. The Morgan fingerprint density at radius 2 is 2.00 bits per heavy atom. The summed E-state index contributed by atoms with van der Waals surface area (Å²) in [6.45, 7) is 4.30. The van der Waals surface area contributed by atoms with Gasteiger partial charge in [0.25, 0.3) is 5.69 Å². The Bertz CT molecular complexity index is 719. The van der Waals surface area contributed by atoms with Crippen molar-refractivity contribution in [1.82, 2.24) is 9.21 Å². The number of nitrogens with zero attached hydrogens (tertiary/aromatic N) is 3. The van der Waals surface area contributed by atoms with Gasteiger partial charge in [-0.25, -0.2) is 8.42 Å². The van der Waals surface area contributed by atoms with Gasteiger partial charge in [-0.05, 0) is 32.4 Å². The van der Waals surface area contributed by atoms with Gasteiger partial charge in [0.2, 0.25) is 10.0 Å². The highest BCUT2D eigenvalue weighted by atomic mass is 32.2. The lowest BCUT2D eigenvalue weighted by atomic mass is 10.0. The maximum Gasteiger partial charge on any atom is 0.273 e. The van der Waals surface area contributed by atoms with Crippen LogP contribution in [0.2, 0.25) is 0 Å². The summed E-state index contributed by atoms with van der Waals surface area (Å²) in [4.78, 5) is 12.9. The van der Waals surface area contributed by atoms with Gasteiger partial charge in [-0.2, -0.15) is 4.31 Å². The number of rotatable bonds is 3. The molecule has 0 aromatic heterocycles. The summed E-state index contributed by atoms with van der Waals surface area (Å²) in [7, 11) is -3.68. The van der Waals surface area contributed by atoms with Crippen LogP contribution in [0.3, 0.4) is 0 Å². The molecule has 7 nitrogen and oxygen atoms in total. The Balaban J connectivity index is 1.87. The molecule has 0 spiro atoms. The van der Waals surface area contributed by atoms with E-state index in [0.717, 1.165) is 25.9 Å². The molecule has 2 saturated heterocycles. The summed E-state index contributed by atoms with van der Waals surface area (Å²) in [5.41, 5.74) is 0.313. The fourth-order valence-corrected chi connectivity index (χ4v) is 4.93. The van der Waals surface area contributed by atoms with E-state index in [9.17, 15) is 18.5 Å². The maximum absolute atomic E-state index is 12.8. The summed E-state index contributed by atoms with van der Waals surface area (Å²) < 4.78 is 27.1. The molecule has 0 radical (unpaired) electrons. The molecule has 23 heavy (non-hydrogen) atoms. The standard InChI is InChI=1S/C15H21N3O4S/c1-12-5-6-14(10-15(12)18(19)20)23(21,22)17-9-8-16-7-3-2-4-13(16)11-17/h5-6,10,13H,2-4,7-9,11H2,1H3/t13-/m1/s1. The Labute approximate surface area is 136 Å². The zero-order chi connectivity index (χ0) is 16.6. The third-order valence-corrected chi connectivity index (χ3v) is 6.68. The molecule has 1 aromatic rings. The highest BCUT2D eigenvalue weighted by Crippen LogP contribution is 2.28. The zero-order valence-corrected chi connectivity index (χ0v) is 14.0. The molecule has 0 N–H and O–H groups in total. The highest BCUT2D eigenvalue weighted by molar-refractivity contribution is 7.89. The minimum atomic E-state index is -3.68. The number of piperidine rings is 1. The summed E-state index contributed by atoms with van der Waals surface area (Å²) >= 11 is 0. The van der Waals surface area contributed by atoms with Gasteiger partial charge in [-0.1, -0.05) is 12.5 Å². The van der Waals surface area contributed by atoms with Crippen molar-refractivity contribution in [1.29, 1.82) is 0 Å². The molecule has 0 saturated carbocycles. The third kappa shape index (κ3) is 3.11. The molecule has 3 rings (SSSR count). The van der Waals surface area contributed by atoms with E-state index in [2.05, 4.69) is 4.90 Å². The lowest BCUT2D eigenvalue weighted by molar-refractivity contribution is -0.385. The predicted molar refractivity (Wildman–Crippen MR) is 85.8 cm³/mol. The van der Waals surface area contributed by atoms with Gasteiger partial charge in [0.05, 0.1) is 9.82 Å². The van der Waals surface area contributed by atoms with Gasteiger partial charge in [0.1, 0.15) is 0 Å². The van der Waals surface area contributed by atoms with E-state index in [1.165, 1.54) is 28.9 Å². The second kappa shape index (κ2) is 6.18. The van der Waals surface area contributed by atoms with Crippen molar-refractivity contribution in [2.45, 2.75) is 37.1 Å². The summed E-state index contributed by atoms with van der Waals surface area (Å²) in [5, 5.41) is 11.1. The Morgan fingerprint density at radius 3 is 2.74 bits per heavy atom. The SMILES string of the molecule is Cc1ccc(S(=O)(=O)N2CCN3CCCC[C@@H]3C2)cc1[N+](=O)[O-]. The molecule has 8 heteroatoms. The molecule has 126 valence electrons. The first-order valence-corrected chi connectivity index (χ1v) is 9.33. The maximum atomic E-state index is 12.8. The van der Waals surface area contributed by atoms with Gasteiger partial charge < -0.3 is 0 Å². The molecule has 2 fully saturated rings. The number of benzene rings is 1.